The Kier molecular flexibility index (Phi) is 6.27. The molecule has 0 fully saturated rings. The highest BCUT2D eigenvalue weighted by Crippen LogP contribution is 2.27. The molecule has 0 spiro atoms. The van der Waals surface area contributed by atoms with E-state index in [0.29, 0.717) is 41.5 Å². The summed E-state index contributed by atoms with van der Waals surface area (Å²) < 4.78 is 2.67. The number of thioether (sulfide) groups is 1. The van der Waals surface area contributed by atoms with Gasteiger partial charge in [0.2, 0.25) is 11.9 Å². The zero-order chi connectivity index (χ0) is 19.4. The van der Waals surface area contributed by atoms with Gasteiger partial charge in [0.1, 0.15) is 0 Å². The molecule has 142 valence electrons. The molecule has 0 amide bonds. The van der Waals surface area contributed by atoms with E-state index in [2.05, 4.69) is 46.7 Å². The molecule has 1 atom stereocenters. The van der Waals surface area contributed by atoms with Gasteiger partial charge in [0.25, 0.3) is 5.78 Å². The molecule has 3 rings (SSSR count). The second-order valence-corrected chi connectivity index (χ2v) is 7.90. The molecule has 2 heterocycles. The summed E-state index contributed by atoms with van der Waals surface area (Å²) in [5.41, 5.74) is 0.657. The van der Waals surface area contributed by atoms with E-state index in [1.54, 1.807) is 16.5 Å². The molecule has 0 bridgehead atoms. The van der Waals surface area contributed by atoms with Gasteiger partial charge in [-0.3, -0.25) is 4.79 Å². The van der Waals surface area contributed by atoms with Gasteiger partial charge in [-0.25, -0.2) is 4.40 Å². The maximum absolute atomic E-state index is 12.7. The zero-order valence-corrected chi connectivity index (χ0v) is 17.6. The van der Waals surface area contributed by atoms with E-state index in [1.165, 1.54) is 11.8 Å². The number of anilines is 2. The van der Waals surface area contributed by atoms with Crippen LogP contribution < -0.4 is 10.6 Å². The first kappa shape index (κ1) is 19.6. The van der Waals surface area contributed by atoms with E-state index in [1.807, 2.05) is 32.9 Å². The number of hydrogen-bond donors (Lipinski definition) is 2. The summed E-state index contributed by atoms with van der Waals surface area (Å²) in [5, 5.41) is 14.9. The summed E-state index contributed by atoms with van der Waals surface area (Å²) in [4.78, 5) is 21.6. The summed E-state index contributed by atoms with van der Waals surface area (Å²) in [7, 11) is 0. The molecule has 27 heavy (non-hydrogen) atoms. The lowest BCUT2D eigenvalue weighted by Crippen LogP contribution is -2.15. The number of rotatable bonds is 8. The summed E-state index contributed by atoms with van der Waals surface area (Å²) in [5.74, 6) is 1.54. The van der Waals surface area contributed by atoms with Gasteiger partial charge in [-0.2, -0.15) is 9.97 Å². The fourth-order valence-electron chi connectivity index (χ4n) is 2.44. The number of carbonyl (C=O) groups excluding carboxylic acids is 1. The van der Waals surface area contributed by atoms with Crippen LogP contribution in [0, 0.1) is 0 Å². The van der Waals surface area contributed by atoms with Crippen molar-refractivity contribution in [2.45, 2.75) is 31.2 Å². The lowest BCUT2D eigenvalue weighted by molar-refractivity contribution is 0.0994. The molecule has 1 unspecified atom stereocenters. The molecule has 0 saturated carbocycles. The largest absolute Gasteiger partial charge is 0.355 e. The Hall–Kier alpha value is -2.20. The Bertz CT molecular complexity index is 944. The van der Waals surface area contributed by atoms with Crippen molar-refractivity contribution in [1.29, 1.82) is 0 Å². The van der Waals surface area contributed by atoms with Gasteiger partial charge in [-0.15, -0.1) is 10.2 Å². The van der Waals surface area contributed by atoms with Gasteiger partial charge in [-0.05, 0) is 32.9 Å². The summed E-state index contributed by atoms with van der Waals surface area (Å²) in [6, 6.07) is 7.33. The fourth-order valence-corrected chi connectivity index (χ4v) is 3.63. The lowest BCUT2D eigenvalue weighted by atomic mass is 10.1. The van der Waals surface area contributed by atoms with Crippen molar-refractivity contribution < 1.29 is 4.79 Å². The SMILES string of the molecule is CCNc1nc(NCC)n2c(SC(C)C(=O)c3ccc(Br)cc3)nnc2n1. The van der Waals surface area contributed by atoms with Gasteiger partial charge in [0.15, 0.2) is 10.9 Å². The number of fused-ring (bicyclic) bond motifs is 1. The fraction of sp³-hybridized carbons (Fsp3) is 0.353. The summed E-state index contributed by atoms with van der Waals surface area (Å²) in [6.45, 7) is 7.21. The van der Waals surface area contributed by atoms with Crippen molar-refractivity contribution in [2.24, 2.45) is 0 Å². The molecule has 0 radical (unpaired) electrons. The number of nitrogens with zero attached hydrogens (tertiary/aromatic N) is 5. The van der Waals surface area contributed by atoms with Crippen molar-refractivity contribution in [3.05, 3.63) is 34.3 Å². The van der Waals surface area contributed by atoms with E-state index < -0.39 is 0 Å². The molecule has 10 heteroatoms. The molecule has 0 saturated heterocycles. The molecule has 8 nitrogen and oxygen atoms in total. The van der Waals surface area contributed by atoms with Crippen LogP contribution in [0.3, 0.4) is 0 Å². The molecule has 0 aliphatic rings. The average molecular weight is 450 g/mol. The van der Waals surface area contributed by atoms with E-state index in [0.717, 1.165) is 4.47 Å². The van der Waals surface area contributed by atoms with Crippen LogP contribution in [-0.4, -0.2) is 48.7 Å². The predicted octanol–water partition coefficient (Wildman–Crippen LogP) is 3.51. The second kappa shape index (κ2) is 8.66. The molecular weight excluding hydrogens is 430 g/mol. The third-order valence-corrected chi connectivity index (χ3v) is 5.27. The van der Waals surface area contributed by atoms with Crippen LogP contribution in [0.1, 0.15) is 31.1 Å². The topological polar surface area (TPSA) is 97.1 Å². The Morgan fingerprint density at radius 2 is 1.85 bits per heavy atom. The van der Waals surface area contributed by atoms with Gasteiger partial charge in [0.05, 0.1) is 5.25 Å². The first-order chi connectivity index (χ1) is 13.0. The molecular formula is C17H20BrN7OS. The normalized spacial score (nSPS) is 12.1. The highest BCUT2D eigenvalue weighted by atomic mass is 79.9. The van der Waals surface area contributed by atoms with Crippen LogP contribution in [0.2, 0.25) is 0 Å². The number of nitrogens with one attached hydrogen (secondary N) is 2. The van der Waals surface area contributed by atoms with Gasteiger partial charge in [0, 0.05) is 23.1 Å². The van der Waals surface area contributed by atoms with Gasteiger partial charge in [-0.1, -0.05) is 39.8 Å². The third-order valence-electron chi connectivity index (χ3n) is 3.70. The number of aromatic nitrogens is 5. The number of benzene rings is 1. The highest BCUT2D eigenvalue weighted by molar-refractivity contribution is 9.10. The number of halogens is 1. The molecule has 1 aromatic carbocycles. The molecule has 2 aromatic heterocycles. The quantitative estimate of drug-likeness (QED) is 0.398. The first-order valence-electron chi connectivity index (χ1n) is 8.60. The lowest BCUT2D eigenvalue weighted by Gasteiger charge is -2.12. The van der Waals surface area contributed by atoms with Crippen molar-refractivity contribution >= 4 is 51.1 Å². The number of ketones is 1. The number of hydrogen-bond acceptors (Lipinski definition) is 8. The van der Waals surface area contributed by atoms with Crippen LogP contribution in [0.25, 0.3) is 5.78 Å². The maximum Gasteiger partial charge on any atom is 0.261 e. The summed E-state index contributed by atoms with van der Waals surface area (Å²) in [6.07, 6.45) is 0. The highest BCUT2D eigenvalue weighted by Gasteiger charge is 2.21. The Balaban J connectivity index is 1.89. The minimum absolute atomic E-state index is 0.0273. The number of Topliss-reactive ketones (excluding diaryl/α,β-unsaturated/α-hetero) is 1. The average Bonchev–Trinajstić information content (AvgIpc) is 3.05. The van der Waals surface area contributed by atoms with Gasteiger partial charge < -0.3 is 10.6 Å². The van der Waals surface area contributed by atoms with Crippen molar-refractivity contribution in [2.75, 3.05) is 23.7 Å². The Morgan fingerprint density at radius 1 is 1.15 bits per heavy atom. The van der Waals surface area contributed by atoms with Crippen LogP contribution >= 0.6 is 27.7 Å². The van der Waals surface area contributed by atoms with Gasteiger partial charge >= 0.3 is 0 Å². The van der Waals surface area contributed by atoms with Crippen LogP contribution in [0.15, 0.2) is 33.9 Å². The second-order valence-electron chi connectivity index (χ2n) is 5.68. The van der Waals surface area contributed by atoms with E-state index in [9.17, 15) is 4.79 Å². The number of carbonyl (C=O) groups is 1. The third kappa shape index (κ3) is 4.38. The molecule has 0 aliphatic carbocycles. The molecule has 2 N–H and O–H groups in total. The van der Waals surface area contributed by atoms with Crippen molar-refractivity contribution in [3.8, 4) is 0 Å². The van der Waals surface area contributed by atoms with Crippen LogP contribution in [-0.2, 0) is 0 Å². The monoisotopic (exact) mass is 449 g/mol. The van der Waals surface area contributed by atoms with Crippen molar-refractivity contribution in [3.63, 3.8) is 0 Å². The minimum atomic E-state index is -0.332. The first-order valence-corrected chi connectivity index (χ1v) is 10.3. The van der Waals surface area contributed by atoms with Crippen LogP contribution in [0.5, 0.6) is 0 Å². The van der Waals surface area contributed by atoms with E-state index in [4.69, 9.17) is 0 Å². The zero-order valence-electron chi connectivity index (χ0n) is 15.2. The maximum atomic E-state index is 12.7. The standard InChI is InChI=1S/C17H20BrN7OS/c1-4-19-14-21-15(20-5-2)25-16(22-14)23-24-17(25)27-10(3)13(26)11-6-8-12(18)9-7-11/h6-10H,4-5H2,1-3H3,(H2,19,20,21,22,23). The minimum Gasteiger partial charge on any atom is -0.355 e. The predicted molar refractivity (Wildman–Crippen MR) is 111 cm³/mol. The van der Waals surface area contributed by atoms with E-state index in [-0.39, 0.29) is 11.0 Å². The smallest absolute Gasteiger partial charge is 0.261 e. The Morgan fingerprint density at radius 3 is 2.52 bits per heavy atom. The molecule has 0 aliphatic heterocycles. The molecule has 3 aromatic rings. The van der Waals surface area contributed by atoms with Crippen molar-refractivity contribution in [1.82, 2.24) is 24.6 Å². The Labute approximate surface area is 169 Å². The summed E-state index contributed by atoms with van der Waals surface area (Å²) >= 11 is 4.72. The van der Waals surface area contributed by atoms with E-state index >= 15 is 0 Å². The van der Waals surface area contributed by atoms with Crippen LogP contribution in [0.4, 0.5) is 11.9 Å².